The summed E-state index contributed by atoms with van der Waals surface area (Å²) in [6.45, 7) is 3.96. The van der Waals surface area contributed by atoms with Gasteiger partial charge in [0.05, 0.1) is 19.8 Å². The number of hydrogen-bond acceptors (Lipinski definition) is 11. The highest BCUT2D eigenvalue weighted by Crippen LogP contribution is 2.26. The molecule has 63 heavy (non-hydrogen) atoms. The fourth-order valence-corrected chi connectivity index (χ4v) is 8.15. The lowest BCUT2D eigenvalue weighted by atomic mass is 9.99. The topological polar surface area (TPSA) is 178 Å². The van der Waals surface area contributed by atoms with Gasteiger partial charge in [0.25, 0.3) is 0 Å². The van der Waals surface area contributed by atoms with Crippen LogP contribution in [0.3, 0.4) is 0 Å². The molecule has 0 radical (unpaired) electrons. The number of rotatable bonds is 44. The lowest BCUT2D eigenvalue weighted by Gasteiger charge is -2.41. The summed E-state index contributed by atoms with van der Waals surface area (Å²) in [5.41, 5.74) is 0. The van der Waals surface area contributed by atoms with Crippen molar-refractivity contribution >= 4 is 16.4 Å². The third kappa shape index (κ3) is 35.2. The minimum absolute atomic E-state index is 0.0292. The van der Waals surface area contributed by atoms with Gasteiger partial charge in [0.15, 0.2) is 6.29 Å². The van der Waals surface area contributed by atoms with Gasteiger partial charge >= 0.3 is 16.4 Å². The largest absolute Gasteiger partial charge is 0.457 e. The quantitative estimate of drug-likeness (QED) is 0.0197. The molecule has 0 aliphatic carbocycles. The van der Waals surface area contributed by atoms with Gasteiger partial charge in [0, 0.05) is 13.0 Å². The number of carbonyl (C=O) groups is 1. The Labute approximate surface area is 383 Å². The number of allylic oxidation sites excluding steroid dienone is 6. The van der Waals surface area contributed by atoms with Crippen LogP contribution in [0, 0.1) is 0 Å². The first-order valence-corrected chi connectivity index (χ1v) is 26.6. The van der Waals surface area contributed by atoms with Crippen molar-refractivity contribution in [3.63, 3.8) is 0 Å². The van der Waals surface area contributed by atoms with E-state index in [0.29, 0.717) is 13.0 Å². The average molecular weight is 917 g/mol. The highest BCUT2D eigenvalue weighted by molar-refractivity contribution is 7.80. The van der Waals surface area contributed by atoms with Crippen molar-refractivity contribution in [1.82, 2.24) is 0 Å². The van der Waals surface area contributed by atoms with Crippen LogP contribution < -0.4 is 0 Å². The van der Waals surface area contributed by atoms with Gasteiger partial charge in [-0.2, -0.15) is 8.42 Å². The van der Waals surface area contributed by atoms with Gasteiger partial charge in [-0.05, 0) is 70.6 Å². The monoisotopic (exact) mass is 917 g/mol. The molecule has 1 saturated heterocycles. The van der Waals surface area contributed by atoms with Gasteiger partial charge in [0.1, 0.15) is 30.5 Å². The van der Waals surface area contributed by atoms with Crippen molar-refractivity contribution in [2.75, 3.05) is 26.4 Å². The van der Waals surface area contributed by atoms with E-state index in [1.54, 1.807) is 0 Å². The summed E-state index contributed by atoms with van der Waals surface area (Å²) >= 11 is 0. The highest BCUT2D eigenvalue weighted by Gasteiger charge is 2.48. The summed E-state index contributed by atoms with van der Waals surface area (Å²) in [5, 5.41) is 30.7. The number of carbonyl (C=O) groups excluding carboxylic acids is 1. The smallest absolute Gasteiger partial charge is 0.397 e. The molecule has 1 rings (SSSR count). The molecule has 0 aromatic rings. The van der Waals surface area contributed by atoms with Crippen molar-refractivity contribution in [2.24, 2.45) is 0 Å². The summed E-state index contributed by atoms with van der Waals surface area (Å²) in [5.74, 6) is -0.404. The maximum absolute atomic E-state index is 12.9. The van der Waals surface area contributed by atoms with Crippen LogP contribution in [-0.2, 0) is 38.3 Å². The third-order valence-electron chi connectivity index (χ3n) is 11.5. The molecule has 1 fully saturated rings. The molecule has 0 aromatic carbocycles. The molecule has 13 heteroatoms. The average Bonchev–Trinajstić information content (AvgIpc) is 3.26. The molecule has 6 unspecified atom stereocenters. The zero-order valence-corrected chi connectivity index (χ0v) is 40.5. The molecular formula is C50H92O12S. The molecule has 0 aromatic heterocycles. The molecule has 4 N–H and O–H groups in total. The second-order valence-electron chi connectivity index (χ2n) is 17.4. The van der Waals surface area contributed by atoms with Crippen LogP contribution in [0.15, 0.2) is 36.5 Å². The molecule has 6 atom stereocenters. The minimum Gasteiger partial charge on any atom is -0.457 e. The molecule has 12 nitrogen and oxygen atoms in total. The number of aliphatic hydroxyl groups is 3. The van der Waals surface area contributed by atoms with Crippen molar-refractivity contribution in [1.29, 1.82) is 0 Å². The molecule has 1 aliphatic heterocycles. The molecular weight excluding hydrogens is 825 g/mol. The van der Waals surface area contributed by atoms with E-state index in [-0.39, 0.29) is 19.6 Å². The van der Waals surface area contributed by atoms with Gasteiger partial charge < -0.3 is 34.3 Å². The predicted molar refractivity (Wildman–Crippen MR) is 253 cm³/mol. The Bertz CT molecular complexity index is 1240. The van der Waals surface area contributed by atoms with Crippen LogP contribution in [0.1, 0.15) is 213 Å². The summed E-state index contributed by atoms with van der Waals surface area (Å²) in [6.07, 6.45) is 40.3. The lowest BCUT2D eigenvalue weighted by molar-refractivity contribution is -0.301. The van der Waals surface area contributed by atoms with Crippen molar-refractivity contribution in [2.45, 2.75) is 250 Å². The van der Waals surface area contributed by atoms with Crippen molar-refractivity contribution < 1.29 is 56.2 Å². The number of unbranched alkanes of at least 4 members (excludes halogenated alkanes) is 25. The predicted octanol–water partition coefficient (Wildman–Crippen LogP) is 11.4. The number of hydrogen-bond donors (Lipinski definition) is 4. The molecule has 1 aliphatic rings. The first-order chi connectivity index (χ1) is 30.6. The van der Waals surface area contributed by atoms with E-state index in [9.17, 15) is 33.1 Å². The second kappa shape index (κ2) is 41.7. The molecule has 0 bridgehead atoms. The Balaban J connectivity index is 2.38. The molecule has 0 amide bonds. The second-order valence-corrected chi connectivity index (χ2v) is 18.4. The number of aliphatic hydroxyl groups excluding tert-OH is 3. The van der Waals surface area contributed by atoms with E-state index in [1.807, 2.05) is 0 Å². The minimum atomic E-state index is -5.07. The number of esters is 1. The van der Waals surface area contributed by atoms with Crippen molar-refractivity contribution in [3.05, 3.63) is 36.5 Å². The first-order valence-electron chi connectivity index (χ1n) is 25.2. The van der Waals surface area contributed by atoms with E-state index >= 15 is 0 Å². The third-order valence-corrected chi connectivity index (χ3v) is 12.0. The highest BCUT2D eigenvalue weighted by atomic mass is 32.3. The van der Waals surface area contributed by atoms with Gasteiger partial charge in [-0.25, -0.2) is 4.18 Å². The van der Waals surface area contributed by atoms with Gasteiger partial charge in [-0.1, -0.05) is 172 Å². The summed E-state index contributed by atoms with van der Waals surface area (Å²) < 4.78 is 59.2. The SMILES string of the molecule is CCCCCC/C=C\C/C=C\CCCCCCCCOCC(COC1OC(CO)C(O)C(OS(=O)(=O)O)C1O)OC(=O)CCCCCCCCCCC/C=C\CCCCCCCC. The zero-order valence-electron chi connectivity index (χ0n) is 39.6. The maximum Gasteiger partial charge on any atom is 0.397 e. The lowest BCUT2D eigenvalue weighted by Crippen LogP contribution is -2.60. The van der Waals surface area contributed by atoms with Crippen LogP contribution >= 0.6 is 0 Å². The normalized spacial score (nSPS) is 20.1. The Morgan fingerprint density at radius 3 is 1.54 bits per heavy atom. The van der Waals surface area contributed by atoms with E-state index in [0.717, 1.165) is 57.8 Å². The summed E-state index contributed by atoms with van der Waals surface area (Å²) in [4.78, 5) is 12.9. The van der Waals surface area contributed by atoms with E-state index < -0.39 is 59.8 Å². The molecule has 1 heterocycles. The zero-order chi connectivity index (χ0) is 46.1. The standard InChI is InChI=1S/C50H92O12S/c1-3-5-7-9-11-13-15-17-19-21-22-23-25-27-29-31-33-35-37-39-46(52)60-44(43-59-50-48(54)49(62-63(55,56)57)47(53)45(41-51)61-50)42-58-40-38-36-34-32-30-28-26-24-20-18-16-14-12-10-8-6-4-2/h14,16-17,19-20,24,44-45,47-51,53-54H,3-13,15,18,21-23,25-43H2,1-2H3,(H,55,56,57)/b16-14-,19-17-,24-20-. The maximum atomic E-state index is 12.9. The summed E-state index contributed by atoms with van der Waals surface area (Å²) in [6, 6.07) is 0. The Morgan fingerprint density at radius 1 is 0.603 bits per heavy atom. The Morgan fingerprint density at radius 2 is 1.05 bits per heavy atom. The first kappa shape index (κ1) is 59.3. The molecule has 0 spiro atoms. The van der Waals surface area contributed by atoms with E-state index in [4.69, 9.17) is 18.9 Å². The van der Waals surface area contributed by atoms with E-state index in [1.165, 1.54) is 128 Å². The van der Waals surface area contributed by atoms with Crippen LogP contribution in [0.4, 0.5) is 0 Å². The van der Waals surface area contributed by atoms with Crippen LogP contribution in [-0.4, -0.2) is 97.5 Å². The van der Waals surface area contributed by atoms with Crippen LogP contribution in [0.5, 0.6) is 0 Å². The fourth-order valence-electron chi connectivity index (χ4n) is 7.64. The van der Waals surface area contributed by atoms with Gasteiger partial charge in [0.2, 0.25) is 0 Å². The van der Waals surface area contributed by atoms with Crippen LogP contribution in [0.25, 0.3) is 0 Å². The molecule has 370 valence electrons. The van der Waals surface area contributed by atoms with Crippen molar-refractivity contribution in [3.8, 4) is 0 Å². The Kier molecular flexibility index (Phi) is 39.3. The number of ether oxygens (including phenoxy) is 4. The van der Waals surface area contributed by atoms with Crippen LogP contribution in [0.2, 0.25) is 0 Å². The van der Waals surface area contributed by atoms with Gasteiger partial charge in [-0.15, -0.1) is 0 Å². The van der Waals surface area contributed by atoms with Gasteiger partial charge in [-0.3, -0.25) is 9.35 Å². The Hall–Kier alpha value is -1.68. The van der Waals surface area contributed by atoms with E-state index in [2.05, 4.69) is 54.5 Å². The summed E-state index contributed by atoms with van der Waals surface area (Å²) in [7, 11) is -5.07. The fraction of sp³-hybridized carbons (Fsp3) is 0.860. The molecule has 0 saturated carbocycles.